The average molecular weight is 382 g/mol. The number of nitrogens with zero attached hydrogens (tertiary/aromatic N) is 3. The molecule has 0 aliphatic carbocycles. The largest absolute Gasteiger partial charge is 0.479 e. The van der Waals surface area contributed by atoms with E-state index in [-0.39, 0.29) is 30.0 Å². The molecule has 2 N–H and O–H groups in total. The monoisotopic (exact) mass is 382 g/mol. The van der Waals surface area contributed by atoms with Crippen LogP contribution in [0.2, 0.25) is 0 Å². The lowest BCUT2D eigenvalue weighted by molar-refractivity contribution is -0.394. The van der Waals surface area contributed by atoms with Crippen LogP contribution in [0.5, 0.6) is 5.75 Å². The van der Waals surface area contributed by atoms with Crippen LogP contribution in [-0.4, -0.2) is 45.6 Å². The van der Waals surface area contributed by atoms with E-state index in [0.29, 0.717) is 6.07 Å². The minimum Gasteiger partial charge on any atom is -0.479 e. The lowest BCUT2D eigenvalue weighted by Crippen LogP contribution is -2.48. The highest BCUT2D eigenvalue weighted by atomic mass is 16.6. The third-order valence-electron chi connectivity index (χ3n) is 3.62. The van der Waals surface area contributed by atoms with Crippen LogP contribution in [0.4, 0.5) is 21.9 Å². The molecule has 0 unspecified atom stereocenters. The van der Waals surface area contributed by atoms with E-state index in [1.165, 1.54) is 0 Å². The van der Waals surface area contributed by atoms with Crippen molar-refractivity contribution in [2.24, 2.45) is 0 Å². The van der Waals surface area contributed by atoms with Gasteiger partial charge in [0.25, 0.3) is 5.69 Å². The number of nitrogens with one attached hydrogen (secondary N) is 1. The molecule has 12 heteroatoms. The average Bonchev–Trinajstić information content (AvgIpc) is 2.94. The summed E-state index contributed by atoms with van der Waals surface area (Å²) in [4.78, 5) is 45.5. The Morgan fingerprint density at radius 3 is 2.33 bits per heavy atom. The molecule has 1 heterocycles. The summed E-state index contributed by atoms with van der Waals surface area (Å²) in [5.41, 5.74) is -2.03. The van der Waals surface area contributed by atoms with Crippen LogP contribution in [0.15, 0.2) is 6.07 Å². The molecule has 1 aliphatic heterocycles. The van der Waals surface area contributed by atoms with Gasteiger partial charge >= 0.3 is 17.7 Å². The summed E-state index contributed by atoms with van der Waals surface area (Å²) >= 11 is 0. The molecular formula is C15H18N4O8. The maximum Gasteiger partial charge on any atom is 0.341 e. The molecule has 2 rings (SSSR count). The van der Waals surface area contributed by atoms with Crippen LogP contribution in [0, 0.1) is 20.2 Å². The molecule has 0 saturated heterocycles. The summed E-state index contributed by atoms with van der Waals surface area (Å²) in [5.74, 6) is -1.74. The molecular weight excluding hydrogens is 364 g/mol. The van der Waals surface area contributed by atoms with E-state index in [4.69, 9.17) is 9.84 Å². The fourth-order valence-electron chi connectivity index (χ4n) is 2.71. The van der Waals surface area contributed by atoms with Crippen molar-refractivity contribution in [3.8, 4) is 5.75 Å². The fourth-order valence-corrected chi connectivity index (χ4v) is 2.71. The summed E-state index contributed by atoms with van der Waals surface area (Å²) in [5, 5.41) is 34.2. The molecule has 0 radical (unpaired) electrons. The molecule has 0 fully saturated rings. The molecule has 1 aromatic carbocycles. The second kappa shape index (κ2) is 7.05. The molecule has 0 atom stereocenters. The zero-order chi connectivity index (χ0) is 20.5. The van der Waals surface area contributed by atoms with Crippen molar-refractivity contribution < 1.29 is 29.3 Å². The normalized spacial score (nSPS) is 13.1. The Bertz CT molecular complexity index is 830. The van der Waals surface area contributed by atoms with E-state index in [9.17, 15) is 29.8 Å². The SMILES string of the molecule is CC(C)(C)NC(=O)N1CCc2c(OCC(=O)O)c([N+](=O)[O-])cc([N+](=O)[O-])c21. The summed E-state index contributed by atoms with van der Waals surface area (Å²) < 4.78 is 5.04. The minimum atomic E-state index is -1.36. The summed E-state index contributed by atoms with van der Waals surface area (Å²) in [6.45, 7) is 4.36. The number of fused-ring (bicyclic) bond motifs is 1. The van der Waals surface area contributed by atoms with Crippen molar-refractivity contribution in [2.75, 3.05) is 18.1 Å². The minimum absolute atomic E-state index is 0.0304. The van der Waals surface area contributed by atoms with Crippen molar-refractivity contribution in [2.45, 2.75) is 32.7 Å². The zero-order valence-electron chi connectivity index (χ0n) is 14.8. The number of carboxylic acid groups (broad SMARTS) is 1. The first-order valence-electron chi connectivity index (χ1n) is 7.85. The third-order valence-corrected chi connectivity index (χ3v) is 3.62. The van der Waals surface area contributed by atoms with E-state index in [1.807, 2.05) is 0 Å². The molecule has 2 amide bonds. The Labute approximate surface area is 153 Å². The molecule has 0 saturated carbocycles. The number of aliphatic carboxylic acids is 1. The van der Waals surface area contributed by atoms with Crippen molar-refractivity contribution in [1.29, 1.82) is 0 Å². The Hall–Kier alpha value is -3.44. The van der Waals surface area contributed by atoms with Gasteiger partial charge in [-0.05, 0) is 27.2 Å². The number of rotatable bonds is 5. The number of urea groups is 1. The van der Waals surface area contributed by atoms with Crippen LogP contribution < -0.4 is 15.0 Å². The number of benzene rings is 1. The molecule has 0 aromatic heterocycles. The quantitative estimate of drug-likeness (QED) is 0.575. The Balaban J connectivity index is 2.63. The second-order valence-corrected chi connectivity index (χ2v) is 6.85. The number of hydrogen-bond donors (Lipinski definition) is 2. The highest BCUT2D eigenvalue weighted by molar-refractivity contribution is 5.99. The van der Waals surface area contributed by atoms with Gasteiger partial charge in [0.1, 0.15) is 11.8 Å². The van der Waals surface area contributed by atoms with Gasteiger partial charge in [-0.1, -0.05) is 0 Å². The van der Waals surface area contributed by atoms with Crippen LogP contribution in [-0.2, 0) is 11.2 Å². The van der Waals surface area contributed by atoms with Gasteiger partial charge in [-0.15, -0.1) is 0 Å². The van der Waals surface area contributed by atoms with Crippen LogP contribution in [0.1, 0.15) is 26.3 Å². The van der Waals surface area contributed by atoms with Crippen LogP contribution in [0.3, 0.4) is 0 Å². The predicted molar refractivity (Wildman–Crippen MR) is 92.2 cm³/mol. The molecule has 12 nitrogen and oxygen atoms in total. The predicted octanol–water partition coefficient (Wildman–Crippen LogP) is 1.84. The first kappa shape index (κ1) is 19.9. The summed E-state index contributed by atoms with van der Waals surface area (Å²) in [6, 6.07) is 0.0704. The molecule has 1 aliphatic rings. The van der Waals surface area contributed by atoms with E-state index in [0.717, 1.165) is 4.90 Å². The third kappa shape index (κ3) is 4.22. The van der Waals surface area contributed by atoms with Crippen LogP contribution >= 0.6 is 0 Å². The van der Waals surface area contributed by atoms with Gasteiger partial charge in [0.2, 0.25) is 5.75 Å². The highest BCUT2D eigenvalue weighted by Gasteiger charge is 2.40. The number of anilines is 1. The first-order chi connectivity index (χ1) is 12.4. The van der Waals surface area contributed by atoms with Gasteiger partial charge in [0.15, 0.2) is 6.61 Å². The Morgan fingerprint density at radius 2 is 1.85 bits per heavy atom. The standard InChI is InChI=1S/C15H18N4O8/c1-15(2,3)16-14(22)17-5-4-8-12(17)9(18(23)24)6-10(19(25)26)13(8)27-7-11(20)21/h6H,4-5,7H2,1-3H3,(H,16,22)(H,20,21). The lowest BCUT2D eigenvalue weighted by Gasteiger charge is -2.25. The molecule has 0 bridgehead atoms. The van der Waals surface area contributed by atoms with Crippen LogP contribution in [0.25, 0.3) is 0 Å². The maximum atomic E-state index is 12.5. The van der Waals surface area contributed by atoms with E-state index in [2.05, 4.69) is 5.32 Å². The van der Waals surface area contributed by atoms with Crippen molar-refractivity contribution in [3.63, 3.8) is 0 Å². The van der Waals surface area contributed by atoms with Gasteiger partial charge in [0, 0.05) is 17.6 Å². The van der Waals surface area contributed by atoms with Crippen molar-refractivity contribution >= 4 is 29.1 Å². The zero-order valence-corrected chi connectivity index (χ0v) is 14.8. The van der Waals surface area contributed by atoms with Gasteiger partial charge in [0.05, 0.1) is 9.85 Å². The number of carbonyl (C=O) groups is 2. The van der Waals surface area contributed by atoms with Gasteiger partial charge in [-0.3, -0.25) is 25.1 Å². The Morgan fingerprint density at radius 1 is 1.26 bits per heavy atom. The number of hydrogen-bond acceptors (Lipinski definition) is 7. The number of amides is 2. The van der Waals surface area contributed by atoms with E-state index in [1.54, 1.807) is 20.8 Å². The molecule has 27 heavy (non-hydrogen) atoms. The summed E-state index contributed by atoms with van der Waals surface area (Å²) in [7, 11) is 0. The number of ether oxygens (including phenoxy) is 1. The van der Waals surface area contributed by atoms with Crippen molar-refractivity contribution in [3.05, 3.63) is 31.9 Å². The number of carbonyl (C=O) groups excluding carboxylic acids is 1. The fraction of sp³-hybridized carbons (Fsp3) is 0.467. The van der Waals surface area contributed by atoms with E-state index < -0.39 is 45.4 Å². The number of carboxylic acids is 1. The molecule has 146 valence electrons. The summed E-state index contributed by atoms with van der Waals surface area (Å²) in [6.07, 6.45) is 0.0460. The van der Waals surface area contributed by atoms with Gasteiger partial charge in [-0.25, -0.2) is 9.59 Å². The van der Waals surface area contributed by atoms with Crippen molar-refractivity contribution in [1.82, 2.24) is 5.32 Å². The highest BCUT2D eigenvalue weighted by Crippen LogP contribution is 2.47. The van der Waals surface area contributed by atoms with Gasteiger partial charge < -0.3 is 15.2 Å². The lowest BCUT2D eigenvalue weighted by atomic mass is 10.1. The number of nitro benzene ring substituents is 2. The maximum absolute atomic E-state index is 12.5. The number of nitro groups is 2. The topological polar surface area (TPSA) is 165 Å². The first-order valence-corrected chi connectivity index (χ1v) is 7.85. The van der Waals surface area contributed by atoms with Gasteiger partial charge in [-0.2, -0.15) is 0 Å². The molecule has 1 aromatic rings. The molecule has 0 spiro atoms. The Kier molecular flexibility index (Phi) is 5.19. The smallest absolute Gasteiger partial charge is 0.341 e. The van der Waals surface area contributed by atoms with E-state index >= 15 is 0 Å². The second-order valence-electron chi connectivity index (χ2n) is 6.85.